The van der Waals surface area contributed by atoms with E-state index in [0.29, 0.717) is 4.47 Å². The van der Waals surface area contributed by atoms with Crippen molar-refractivity contribution in [2.75, 3.05) is 10.6 Å². The molecule has 0 aliphatic rings. The summed E-state index contributed by atoms with van der Waals surface area (Å²) in [5, 5.41) is 27.4. The highest BCUT2D eigenvalue weighted by Crippen LogP contribution is 2.29. The number of hydrogen-bond acceptors (Lipinski definition) is 6. The van der Waals surface area contributed by atoms with Crippen molar-refractivity contribution >= 4 is 38.7 Å². The monoisotopic (exact) mass is 482 g/mol. The van der Waals surface area contributed by atoms with Crippen molar-refractivity contribution in [1.29, 1.82) is 0 Å². The van der Waals surface area contributed by atoms with E-state index in [2.05, 4.69) is 26.6 Å². The lowest BCUT2D eigenvalue weighted by Gasteiger charge is -2.22. The van der Waals surface area contributed by atoms with Crippen LogP contribution in [0.1, 0.15) is 49.0 Å². The second kappa shape index (κ2) is 10.9. The van der Waals surface area contributed by atoms with E-state index < -0.39 is 9.85 Å². The highest BCUT2D eigenvalue weighted by Gasteiger charge is 2.14. The Labute approximate surface area is 186 Å². The van der Waals surface area contributed by atoms with Crippen molar-refractivity contribution in [3.8, 4) is 0 Å². The van der Waals surface area contributed by atoms with Crippen LogP contribution < -0.4 is 10.6 Å². The zero-order chi connectivity index (χ0) is 22.4. The lowest BCUT2D eigenvalue weighted by molar-refractivity contribution is -0.385. The summed E-state index contributed by atoms with van der Waals surface area (Å²) in [6, 6.07) is 11.1. The topological polar surface area (TPSA) is 110 Å². The molecule has 9 heteroatoms. The maximum atomic E-state index is 10.5. The van der Waals surface area contributed by atoms with Gasteiger partial charge in [-0.05, 0) is 75.7 Å². The summed E-state index contributed by atoms with van der Waals surface area (Å²) < 4.78 is 0.701. The molecule has 0 spiro atoms. The molecule has 166 valence electrons. The minimum absolute atomic E-state index is 0. The summed E-state index contributed by atoms with van der Waals surface area (Å²) in [7, 11) is 0. The van der Waals surface area contributed by atoms with Crippen LogP contribution in [0, 0.1) is 20.2 Å². The molecule has 2 aromatic carbocycles. The molecule has 8 nitrogen and oxygen atoms in total. The van der Waals surface area contributed by atoms with E-state index in [1.54, 1.807) is 18.2 Å². The van der Waals surface area contributed by atoms with Gasteiger partial charge in [0.1, 0.15) is 0 Å². The molecule has 0 radical (unpaired) electrons. The Morgan fingerprint density at radius 2 is 1.20 bits per heavy atom. The first-order valence-corrected chi connectivity index (χ1v) is 9.72. The molecule has 0 bridgehead atoms. The average Bonchev–Trinajstić information content (AvgIpc) is 2.55. The van der Waals surface area contributed by atoms with E-state index in [4.69, 9.17) is 0 Å². The Balaban J connectivity index is 0.000000544. The molecule has 0 aliphatic carbocycles. The van der Waals surface area contributed by atoms with Crippen LogP contribution in [0.2, 0.25) is 0 Å². The van der Waals surface area contributed by atoms with E-state index in [-0.39, 0.29) is 29.9 Å². The average molecular weight is 483 g/mol. The summed E-state index contributed by atoms with van der Waals surface area (Å²) in [6.45, 7) is 12.2. The van der Waals surface area contributed by atoms with Crippen LogP contribution in [0.3, 0.4) is 0 Å². The molecular weight excluding hydrogens is 452 g/mol. The maximum Gasteiger partial charge on any atom is 0.270 e. The van der Waals surface area contributed by atoms with Crippen molar-refractivity contribution in [2.24, 2.45) is 0 Å². The number of hydrogen-bond donors (Lipinski definition) is 2. The van der Waals surface area contributed by atoms with Crippen molar-refractivity contribution in [1.82, 2.24) is 0 Å². The van der Waals surface area contributed by atoms with Crippen LogP contribution in [0.4, 0.5) is 22.7 Å². The van der Waals surface area contributed by atoms with Gasteiger partial charge >= 0.3 is 0 Å². The number of nitrogens with one attached hydrogen (secondary N) is 2. The van der Waals surface area contributed by atoms with Gasteiger partial charge in [-0.2, -0.15) is 0 Å². The number of nitro benzene ring substituents is 2. The van der Waals surface area contributed by atoms with Gasteiger partial charge in [0.2, 0.25) is 0 Å². The fourth-order valence-electron chi connectivity index (χ4n) is 2.22. The predicted molar refractivity (Wildman–Crippen MR) is 127 cm³/mol. The fourth-order valence-corrected chi connectivity index (χ4v) is 2.69. The van der Waals surface area contributed by atoms with Crippen LogP contribution in [0.25, 0.3) is 0 Å². The summed E-state index contributed by atoms with van der Waals surface area (Å²) in [5.74, 6) is 0. The van der Waals surface area contributed by atoms with Crippen LogP contribution in [0.5, 0.6) is 0 Å². The molecule has 30 heavy (non-hydrogen) atoms. The summed E-state index contributed by atoms with van der Waals surface area (Å²) >= 11 is 3.30. The molecule has 0 aliphatic heterocycles. The van der Waals surface area contributed by atoms with Gasteiger partial charge in [-0.1, -0.05) is 7.43 Å². The first-order chi connectivity index (χ1) is 13.2. The Morgan fingerprint density at radius 1 is 0.767 bits per heavy atom. The Bertz CT molecular complexity index is 857. The van der Waals surface area contributed by atoms with Crippen molar-refractivity contribution in [3.05, 3.63) is 67.2 Å². The second-order valence-corrected chi connectivity index (χ2v) is 9.33. The summed E-state index contributed by atoms with van der Waals surface area (Å²) in [4.78, 5) is 20.1. The smallest absolute Gasteiger partial charge is 0.270 e. The van der Waals surface area contributed by atoms with Crippen molar-refractivity contribution in [3.63, 3.8) is 0 Å². The number of nitrogens with zero attached hydrogens (tertiary/aromatic N) is 2. The Kier molecular flexibility index (Phi) is 9.94. The minimum Gasteiger partial charge on any atom is -0.380 e. The van der Waals surface area contributed by atoms with Crippen molar-refractivity contribution in [2.45, 2.75) is 60.0 Å². The third-order valence-corrected chi connectivity index (χ3v) is 3.93. The molecule has 0 fully saturated rings. The maximum absolute atomic E-state index is 10.5. The first kappa shape index (κ1) is 27.3. The van der Waals surface area contributed by atoms with E-state index in [1.807, 2.05) is 41.5 Å². The van der Waals surface area contributed by atoms with Gasteiger partial charge in [0.05, 0.1) is 9.85 Å². The second-order valence-electron chi connectivity index (χ2n) is 8.48. The number of rotatable bonds is 4. The van der Waals surface area contributed by atoms with Crippen LogP contribution in [-0.2, 0) is 0 Å². The molecule has 0 heterocycles. The highest BCUT2D eigenvalue weighted by molar-refractivity contribution is 9.10. The quantitative estimate of drug-likeness (QED) is 0.358. The largest absolute Gasteiger partial charge is 0.380 e. The fraction of sp³-hybridized carbons (Fsp3) is 0.429. The molecule has 2 rings (SSSR count). The third kappa shape index (κ3) is 10.2. The van der Waals surface area contributed by atoms with Gasteiger partial charge in [-0.3, -0.25) is 20.2 Å². The lowest BCUT2D eigenvalue weighted by Crippen LogP contribution is -2.26. The van der Waals surface area contributed by atoms with Crippen LogP contribution >= 0.6 is 15.9 Å². The molecule has 0 saturated heterocycles. The zero-order valence-electron chi connectivity index (χ0n) is 17.4. The number of anilines is 2. The number of halogens is 1. The van der Waals surface area contributed by atoms with Crippen LogP contribution in [-0.4, -0.2) is 20.9 Å². The standard InChI is InChI=1S/C10H13BrN2O2.C10H14N2O2.CH4/c1-10(2,3)12-9-5-4-7(13(14)15)6-8(9)11;1-10(2,3)11-8-4-6-9(7-5-8)12(13)14;/h4-6,12H,1-3H3;4-7,11H,1-3H3;1H4. The van der Waals surface area contributed by atoms with E-state index in [1.165, 1.54) is 24.3 Å². The molecule has 2 N–H and O–H groups in total. The van der Waals surface area contributed by atoms with E-state index in [9.17, 15) is 20.2 Å². The molecule has 0 saturated carbocycles. The highest BCUT2D eigenvalue weighted by atomic mass is 79.9. The lowest BCUT2D eigenvalue weighted by atomic mass is 10.1. The van der Waals surface area contributed by atoms with E-state index in [0.717, 1.165) is 11.4 Å². The predicted octanol–water partition coefficient (Wildman–Crippen LogP) is 7.01. The van der Waals surface area contributed by atoms with E-state index >= 15 is 0 Å². The molecule has 2 aromatic rings. The minimum atomic E-state index is -0.411. The normalized spacial score (nSPS) is 10.8. The molecule has 0 unspecified atom stereocenters. The third-order valence-electron chi connectivity index (χ3n) is 3.27. The first-order valence-electron chi connectivity index (χ1n) is 8.93. The van der Waals surface area contributed by atoms with Gasteiger partial charge in [-0.25, -0.2) is 0 Å². The number of nitro groups is 2. The molecule has 0 aromatic heterocycles. The van der Waals surface area contributed by atoms with Gasteiger partial charge in [0.15, 0.2) is 0 Å². The Morgan fingerprint density at radius 3 is 1.57 bits per heavy atom. The summed E-state index contributed by atoms with van der Waals surface area (Å²) in [6.07, 6.45) is 0. The van der Waals surface area contributed by atoms with Crippen molar-refractivity contribution < 1.29 is 9.85 Å². The molecule has 0 atom stereocenters. The van der Waals surface area contributed by atoms with Crippen LogP contribution in [0.15, 0.2) is 46.9 Å². The zero-order valence-corrected chi connectivity index (χ0v) is 19.0. The van der Waals surface area contributed by atoms with Gasteiger partial charge in [-0.15, -0.1) is 0 Å². The SMILES string of the molecule is C.CC(C)(C)Nc1ccc([N+](=O)[O-])cc1.CC(C)(C)Nc1ccc([N+](=O)[O-])cc1Br. The summed E-state index contributed by atoms with van der Waals surface area (Å²) in [5.41, 5.74) is 1.84. The Hall–Kier alpha value is -2.68. The van der Waals surface area contributed by atoms with Gasteiger partial charge in [0, 0.05) is 51.2 Å². The number of benzene rings is 2. The molecular formula is C21H31BrN4O4. The van der Waals surface area contributed by atoms with Gasteiger partial charge < -0.3 is 10.6 Å². The van der Waals surface area contributed by atoms with Gasteiger partial charge in [0.25, 0.3) is 11.4 Å². The number of non-ortho nitro benzene ring substituents is 2. The molecule has 0 amide bonds.